The fraction of sp³-hybridized carbons (Fsp3) is 0.562. The quantitative estimate of drug-likeness (QED) is 0.556. The van der Waals surface area contributed by atoms with Crippen molar-refractivity contribution in [2.75, 3.05) is 18.9 Å². The van der Waals surface area contributed by atoms with Crippen LogP contribution >= 0.6 is 27.7 Å². The first-order valence-electron chi connectivity index (χ1n) is 7.43. The zero-order valence-corrected chi connectivity index (χ0v) is 14.9. The molecule has 21 heavy (non-hydrogen) atoms. The van der Waals surface area contributed by atoms with Gasteiger partial charge in [-0.1, -0.05) is 19.1 Å². The van der Waals surface area contributed by atoms with Gasteiger partial charge in [0.15, 0.2) is 0 Å². The number of thioether (sulfide) groups is 1. The molecule has 0 spiro atoms. The molecule has 1 fully saturated rings. The Hall–Kier alpha value is -0.520. The predicted octanol–water partition coefficient (Wildman–Crippen LogP) is 3.86. The number of rotatable bonds is 8. The molecule has 0 heterocycles. The summed E-state index contributed by atoms with van der Waals surface area (Å²) in [6.07, 6.45) is 2.20. The number of nitrogens with one attached hydrogen (secondary N) is 1. The summed E-state index contributed by atoms with van der Waals surface area (Å²) in [5.74, 6) is 0.993. The Morgan fingerprint density at radius 2 is 2.14 bits per heavy atom. The first-order valence-corrected chi connectivity index (χ1v) is 9.21. The second-order valence-corrected chi connectivity index (χ2v) is 7.09. The van der Waals surface area contributed by atoms with E-state index in [4.69, 9.17) is 4.74 Å². The van der Waals surface area contributed by atoms with Crippen molar-refractivity contribution in [3.63, 3.8) is 0 Å². The molecule has 5 heteroatoms. The van der Waals surface area contributed by atoms with Crippen LogP contribution in [0.25, 0.3) is 0 Å². The number of carbonyl (C=O) groups excluding carboxylic acids is 1. The molecule has 0 bridgehead atoms. The maximum atomic E-state index is 12.5. The number of hydrogen-bond acceptors (Lipinski definition) is 4. The zero-order chi connectivity index (χ0) is 15.3. The Morgan fingerprint density at radius 3 is 2.71 bits per heavy atom. The van der Waals surface area contributed by atoms with Crippen LogP contribution in [0, 0.1) is 5.92 Å². The molecule has 116 valence electrons. The van der Waals surface area contributed by atoms with Gasteiger partial charge in [-0.25, -0.2) is 0 Å². The van der Waals surface area contributed by atoms with Crippen molar-refractivity contribution in [3.8, 4) is 0 Å². The lowest BCUT2D eigenvalue weighted by atomic mass is 9.95. The number of likely N-dealkylation sites (N-methyl/N-ethyl adjacent to an activating group) is 1. The highest BCUT2D eigenvalue weighted by Crippen LogP contribution is 2.43. The van der Waals surface area contributed by atoms with Crippen LogP contribution in [0.15, 0.2) is 33.6 Å². The minimum atomic E-state index is -0.551. The summed E-state index contributed by atoms with van der Waals surface area (Å²) in [7, 11) is 0. The van der Waals surface area contributed by atoms with Crippen LogP contribution in [0.4, 0.5) is 0 Å². The third-order valence-corrected chi connectivity index (χ3v) is 5.92. The van der Waals surface area contributed by atoms with Crippen molar-refractivity contribution in [3.05, 3.63) is 28.7 Å². The van der Waals surface area contributed by atoms with Gasteiger partial charge >= 0.3 is 5.97 Å². The van der Waals surface area contributed by atoms with E-state index in [-0.39, 0.29) is 5.97 Å². The molecule has 1 atom stereocenters. The second-order valence-electron chi connectivity index (χ2n) is 5.22. The standard InChI is InChI=1S/C16H22BrNO2S/c1-3-18-16(12-9-10-12,15(19)20-4-2)11-21-14-8-6-5-7-13(14)17/h5-8,12,18H,3-4,9-11H2,1-2H3. The summed E-state index contributed by atoms with van der Waals surface area (Å²) < 4.78 is 6.42. The fourth-order valence-electron chi connectivity index (χ4n) is 2.52. The molecule has 1 aromatic carbocycles. The van der Waals surface area contributed by atoms with Crippen LogP contribution < -0.4 is 5.32 Å². The molecule has 1 aliphatic carbocycles. The van der Waals surface area contributed by atoms with E-state index >= 15 is 0 Å². The van der Waals surface area contributed by atoms with Crippen LogP contribution in [-0.4, -0.2) is 30.4 Å². The molecular formula is C16H22BrNO2S. The van der Waals surface area contributed by atoms with Crippen molar-refractivity contribution in [1.29, 1.82) is 0 Å². The minimum absolute atomic E-state index is 0.103. The Labute approximate surface area is 139 Å². The molecule has 0 amide bonds. The van der Waals surface area contributed by atoms with Gasteiger partial charge in [0.25, 0.3) is 0 Å². The molecule has 2 rings (SSSR count). The Kier molecular flexibility index (Phi) is 6.14. The lowest BCUT2D eigenvalue weighted by Gasteiger charge is -2.32. The van der Waals surface area contributed by atoms with Crippen molar-refractivity contribution in [1.82, 2.24) is 5.32 Å². The summed E-state index contributed by atoms with van der Waals surface area (Å²) in [6, 6.07) is 8.11. The van der Waals surface area contributed by atoms with Crippen LogP contribution in [-0.2, 0) is 9.53 Å². The van der Waals surface area contributed by atoms with Crippen molar-refractivity contribution < 1.29 is 9.53 Å². The number of halogens is 1. The predicted molar refractivity (Wildman–Crippen MR) is 90.6 cm³/mol. The molecular weight excluding hydrogens is 350 g/mol. The average Bonchev–Trinajstić information content (AvgIpc) is 3.30. The molecule has 1 aromatic rings. The van der Waals surface area contributed by atoms with E-state index in [9.17, 15) is 4.79 Å². The zero-order valence-electron chi connectivity index (χ0n) is 12.5. The number of esters is 1. The largest absolute Gasteiger partial charge is 0.465 e. The monoisotopic (exact) mass is 371 g/mol. The summed E-state index contributed by atoms with van der Waals surface area (Å²) in [6.45, 7) is 5.10. The van der Waals surface area contributed by atoms with Gasteiger partial charge in [-0.15, -0.1) is 11.8 Å². The van der Waals surface area contributed by atoms with E-state index in [0.717, 1.165) is 28.8 Å². The Balaban J connectivity index is 2.15. The van der Waals surface area contributed by atoms with Gasteiger partial charge in [0.05, 0.1) is 6.61 Å². The Bertz CT molecular complexity index is 493. The number of benzene rings is 1. The molecule has 1 unspecified atom stereocenters. The molecule has 1 saturated carbocycles. The average molecular weight is 372 g/mol. The summed E-state index contributed by atoms with van der Waals surface area (Å²) in [5.41, 5.74) is -0.551. The molecule has 0 saturated heterocycles. The third-order valence-electron chi connectivity index (χ3n) is 3.70. The second kappa shape index (κ2) is 7.65. The van der Waals surface area contributed by atoms with Gasteiger partial charge < -0.3 is 10.1 Å². The van der Waals surface area contributed by atoms with E-state index in [1.54, 1.807) is 11.8 Å². The lowest BCUT2D eigenvalue weighted by Crippen LogP contribution is -2.57. The molecule has 1 aliphatic rings. The van der Waals surface area contributed by atoms with Crippen LogP contribution in [0.2, 0.25) is 0 Å². The summed E-state index contributed by atoms with van der Waals surface area (Å²) in [5, 5.41) is 3.42. The van der Waals surface area contributed by atoms with Crippen molar-refractivity contribution in [2.24, 2.45) is 5.92 Å². The van der Waals surface area contributed by atoms with Crippen LogP contribution in [0.1, 0.15) is 26.7 Å². The summed E-state index contributed by atoms with van der Waals surface area (Å²) >= 11 is 5.27. The smallest absolute Gasteiger partial charge is 0.327 e. The number of hydrogen-bond donors (Lipinski definition) is 1. The maximum absolute atomic E-state index is 12.5. The Morgan fingerprint density at radius 1 is 1.43 bits per heavy atom. The van der Waals surface area contributed by atoms with Gasteiger partial charge in [-0.2, -0.15) is 0 Å². The molecule has 0 aromatic heterocycles. The van der Waals surface area contributed by atoms with Gasteiger partial charge in [0.1, 0.15) is 5.54 Å². The van der Waals surface area contributed by atoms with E-state index < -0.39 is 5.54 Å². The van der Waals surface area contributed by atoms with Gasteiger partial charge in [0, 0.05) is 15.1 Å². The molecule has 1 N–H and O–H groups in total. The first kappa shape index (κ1) is 16.8. The first-order chi connectivity index (χ1) is 10.1. The summed E-state index contributed by atoms with van der Waals surface area (Å²) in [4.78, 5) is 13.7. The number of ether oxygens (including phenoxy) is 1. The highest BCUT2D eigenvalue weighted by Gasteiger charge is 2.51. The molecule has 3 nitrogen and oxygen atoms in total. The fourth-order valence-corrected chi connectivity index (χ4v) is 4.36. The van der Waals surface area contributed by atoms with Crippen molar-refractivity contribution >= 4 is 33.7 Å². The topological polar surface area (TPSA) is 38.3 Å². The van der Waals surface area contributed by atoms with Crippen molar-refractivity contribution in [2.45, 2.75) is 37.1 Å². The van der Waals surface area contributed by atoms with Gasteiger partial charge in [-0.3, -0.25) is 4.79 Å². The SMILES string of the molecule is CCNC(CSc1ccccc1Br)(C(=O)OCC)C1CC1. The number of carbonyl (C=O) groups is 1. The normalized spacial score (nSPS) is 17.3. The van der Waals surface area contributed by atoms with Gasteiger partial charge in [0.2, 0.25) is 0 Å². The molecule has 0 radical (unpaired) electrons. The van der Waals surface area contributed by atoms with E-state index in [1.165, 1.54) is 0 Å². The third kappa shape index (κ3) is 4.02. The van der Waals surface area contributed by atoms with Crippen LogP contribution in [0.5, 0.6) is 0 Å². The van der Waals surface area contributed by atoms with E-state index in [1.807, 2.05) is 32.0 Å². The minimum Gasteiger partial charge on any atom is -0.465 e. The van der Waals surface area contributed by atoms with Gasteiger partial charge in [-0.05, 0) is 60.3 Å². The highest BCUT2D eigenvalue weighted by molar-refractivity contribution is 9.10. The van der Waals surface area contributed by atoms with E-state index in [2.05, 4.69) is 27.3 Å². The van der Waals surface area contributed by atoms with E-state index in [0.29, 0.717) is 18.3 Å². The molecule has 0 aliphatic heterocycles. The highest BCUT2D eigenvalue weighted by atomic mass is 79.9. The maximum Gasteiger partial charge on any atom is 0.327 e. The lowest BCUT2D eigenvalue weighted by molar-refractivity contribution is -0.151. The van der Waals surface area contributed by atoms with Crippen LogP contribution in [0.3, 0.4) is 0 Å².